The Morgan fingerprint density at radius 1 is 1.03 bits per heavy atom. The Kier molecular flexibility index (Phi) is 6.83. The van der Waals surface area contributed by atoms with Gasteiger partial charge in [0.2, 0.25) is 0 Å². The van der Waals surface area contributed by atoms with Gasteiger partial charge in [-0.2, -0.15) is 5.10 Å². The summed E-state index contributed by atoms with van der Waals surface area (Å²) in [6, 6.07) is 11.6. The second kappa shape index (κ2) is 10.2. The van der Waals surface area contributed by atoms with Gasteiger partial charge in [-0.3, -0.25) is 4.79 Å². The lowest BCUT2D eigenvalue weighted by molar-refractivity contribution is 0.0944. The van der Waals surface area contributed by atoms with E-state index < -0.39 is 0 Å². The van der Waals surface area contributed by atoms with Crippen molar-refractivity contribution in [3.05, 3.63) is 70.1 Å². The molecule has 34 heavy (non-hydrogen) atoms. The van der Waals surface area contributed by atoms with Crippen molar-refractivity contribution >= 4 is 23.3 Å². The van der Waals surface area contributed by atoms with Gasteiger partial charge < -0.3 is 15.1 Å². The number of rotatable bonds is 5. The lowest BCUT2D eigenvalue weighted by atomic mass is 10.1. The number of aromatic nitrogens is 3. The minimum atomic E-state index is -0.126. The fourth-order valence-electron chi connectivity index (χ4n) is 4.88. The van der Waals surface area contributed by atoms with Gasteiger partial charge in [-0.05, 0) is 63.1 Å². The van der Waals surface area contributed by atoms with Crippen molar-refractivity contribution in [2.45, 2.75) is 38.6 Å². The van der Waals surface area contributed by atoms with Gasteiger partial charge in [0.05, 0.1) is 5.69 Å². The third-order valence-electron chi connectivity index (χ3n) is 6.83. The molecular weight excluding hydrogens is 448 g/mol. The number of hydrogen-bond donors (Lipinski definition) is 1. The molecule has 0 radical (unpaired) electrons. The number of nitrogens with zero attached hydrogens (tertiary/aromatic N) is 5. The first-order valence-corrected chi connectivity index (χ1v) is 12.5. The first-order valence-electron chi connectivity index (χ1n) is 12.1. The first kappa shape index (κ1) is 22.9. The van der Waals surface area contributed by atoms with Crippen molar-refractivity contribution in [1.82, 2.24) is 25.0 Å². The predicted molar refractivity (Wildman–Crippen MR) is 135 cm³/mol. The number of carbonyl (C=O) groups is 1. The Bertz CT molecular complexity index is 1150. The SMILES string of the molecule is CN1CCN(c2ncccc2CNC(=O)c2nn(-c3ccc(Cl)cc3)c3c2CCCCC3)CC1. The van der Waals surface area contributed by atoms with Crippen molar-refractivity contribution in [2.75, 3.05) is 38.1 Å². The first-order chi connectivity index (χ1) is 16.6. The molecule has 178 valence electrons. The number of halogens is 1. The molecule has 1 amide bonds. The van der Waals surface area contributed by atoms with Gasteiger partial charge in [-0.25, -0.2) is 9.67 Å². The molecule has 1 fully saturated rings. The average Bonchev–Trinajstić information content (AvgIpc) is 3.04. The number of piperazine rings is 1. The molecule has 8 heteroatoms. The van der Waals surface area contributed by atoms with Crippen molar-refractivity contribution in [3.8, 4) is 5.69 Å². The minimum absolute atomic E-state index is 0.126. The van der Waals surface area contributed by atoms with Crippen molar-refractivity contribution < 1.29 is 4.79 Å². The summed E-state index contributed by atoms with van der Waals surface area (Å²) in [4.78, 5) is 22.7. The summed E-state index contributed by atoms with van der Waals surface area (Å²) in [6.07, 6.45) is 6.99. The monoisotopic (exact) mass is 478 g/mol. The molecule has 0 unspecified atom stereocenters. The smallest absolute Gasteiger partial charge is 0.272 e. The maximum absolute atomic E-state index is 13.4. The van der Waals surface area contributed by atoms with Crippen LogP contribution < -0.4 is 10.2 Å². The molecule has 1 aliphatic carbocycles. The van der Waals surface area contributed by atoms with Crippen LogP contribution in [0.1, 0.15) is 46.6 Å². The summed E-state index contributed by atoms with van der Waals surface area (Å²) in [5, 5.41) is 8.62. The van der Waals surface area contributed by atoms with Crippen molar-refractivity contribution in [2.24, 2.45) is 0 Å². The Morgan fingerprint density at radius 3 is 2.59 bits per heavy atom. The quantitative estimate of drug-likeness (QED) is 0.564. The van der Waals surface area contributed by atoms with E-state index in [-0.39, 0.29) is 5.91 Å². The van der Waals surface area contributed by atoms with E-state index in [0.29, 0.717) is 17.3 Å². The predicted octanol–water partition coefficient (Wildman–Crippen LogP) is 3.87. The van der Waals surface area contributed by atoms with Crippen LogP contribution in [0, 0.1) is 0 Å². The molecule has 0 spiro atoms. The van der Waals surface area contributed by atoms with Gasteiger partial charge in [0, 0.05) is 60.8 Å². The molecule has 1 aromatic carbocycles. The summed E-state index contributed by atoms with van der Waals surface area (Å²) in [5.74, 6) is 0.834. The van der Waals surface area contributed by atoms with E-state index in [2.05, 4.69) is 27.1 Å². The van der Waals surface area contributed by atoms with E-state index in [4.69, 9.17) is 16.7 Å². The van der Waals surface area contributed by atoms with Crippen LogP contribution in [0.25, 0.3) is 5.69 Å². The van der Waals surface area contributed by atoms with Gasteiger partial charge in [0.1, 0.15) is 5.82 Å². The Morgan fingerprint density at radius 2 is 1.79 bits per heavy atom. The molecule has 5 rings (SSSR count). The highest BCUT2D eigenvalue weighted by atomic mass is 35.5. The summed E-state index contributed by atoms with van der Waals surface area (Å²) >= 11 is 6.10. The highest BCUT2D eigenvalue weighted by molar-refractivity contribution is 6.30. The molecule has 1 aliphatic heterocycles. The maximum Gasteiger partial charge on any atom is 0.272 e. The zero-order valence-electron chi connectivity index (χ0n) is 19.6. The molecule has 3 aromatic rings. The molecule has 3 heterocycles. The summed E-state index contributed by atoms with van der Waals surface area (Å²) in [5.41, 5.74) is 4.73. The number of fused-ring (bicyclic) bond motifs is 1. The molecule has 0 atom stereocenters. The fraction of sp³-hybridized carbons (Fsp3) is 0.423. The standard InChI is InChI=1S/C26H31ClN6O/c1-31-14-16-32(17-15-31)25-19(6-5-13-28-25)18-29-26(34)24-22-7-3-2-4-8-23(22)33(30-24)21-11-9-20(27)10-12-21/h5-6,9-13H,2-4,7-8,14-18H2,1H3,(H,29,34). The second-order valence-corrected chi connectivity index (χ2v) is 9.62. The summed E-state index contributed by atoms with van der Waals surface area (Å²) in [7, 11) is 2.14. The van der Waals surface area contributed by atoms with Gasteiger partial charge in [0.15, 0.2) is 5.69 Å². The molecule has 1 saturated heterocycles. The normalized spacial score (nSPS) is 16.7. The van der Waals surface area contributed by atoms with Crippen LogP contribution in [0.5, 0.6) is 0 Å². The van der Waals surface area contributed by atoms with E-state index >= 15 is 0 Å². The summed E-state index contributed by atoms with van der Waals surface area (Å²) < 4.78 is 1.94. The lowest BCUT2D eigenvalue weighted by Crippen LogP contribution is -2.45. The highest BCUT2D eigenvalue weighted by Gasteiger charge is 2.25. The van der Waals surface area contributed by atoms with Crippen LogP contribution in [0.2, 0.25) is 5.02 Å². The molecule has 0 saturated carbocycles. The Hall–Kier alpha value is -2.90. The molecule has 2 aromatic heterocycles. The van der Waals surface area contributed by atoms with Crippen LogP contribution in [0.3, 0.4) is 0 Å². The molecule has 1 N–H and O–H groups in total. The second-order valence-electron chi connectivity index (χ2n) is 9.18. The number of benzene rings is 1. The molecular formula is C26H31ClN6O. The third-order valence-corrected chi connectivity index (χ3v) is 7.08. The van der Waals surface area contributed by atoms with E-state index in [0.717, 1.165) is 80.2 Å². The summed E-state index contributed by atoms with van der Waals surface area (Å²) in [6.45, 7) is 4.32. The van der Waals surface area contributed by atoms with Crippen LogP contribution in [0.15, 0.2) is 42.6 Å². The largest absolute Gasteiger partial charge is 0.354 e. The van der Waals surface area contributed by atoms with E-state index in [9.17, 15) is 4.79 Å². The number of anilines is 1. The van der Waals surface area contributed by atoms with E-state index in [1.807, 2.05) is 47.3 Å². The number of amides is 1. The lowest BCUT2D eigenvalue weighted by Gasteiger charge is -2.34. The van der Waals surface area contributed by atoms with Crippen LogP contribution in [-0.4, -0.2) is 58.8 Å². The number of carbonyl (C=O) groups excluding carboxylic acids is 1. The number of pyridine rings is 1. The Balaban J connectivity index is 1.38. The topological polar surface area (TPSA) is 66.3 Å². The minimum Gasteiger partial charge on any atom is -0.354 e. The van der Waals surface area contributed by atoms with Gasteiger partial charge >= 0.3 is 0 Å². The molecule has 0 bridgehead atoms. The zero-order valence-corrected chi connectivity index (χ0v) is 20.4. The number of hydrogen-bond acceptors (Lipinski definition) is 5. The van der Waals surface area contributed by atoms with Crippen molar-refractivity contribution in [1.29, 1.82) is 0 Å². The van der Waals surface area contributed by atoms with Crippen LogP contribution in [0.4, 0.5) is 5.82 Å². The van der Waals surface area contributed by atoms with Gasteiger partial charge in [0.25, 0.3) is 5.91 Å². The molecule has 2 aliphatic rings. The fourth-order valence-corrected chi connectivity index (χ4v) is 5.01. The zero-order chi connectivity index (χ0) is 23.5. The molecule has 7 nitrogen and oxygen atoms in total. The van der Waals surface area contributed by atoms with Crippen LogP contribution in [-0.2, 0) is 19.4 Å². The average molecular weight is 479 g/mol. The van der Waals surface area contributed by atoms with Gasteiger partial charge in [-0.1, -0.05) is 24.1 Å². The maximum atomic E-state index is 13.4. The number of nitrogens with one attached hydrogen (secondary N) is 1. The van der Waals surface area contributed by atoms with E-state index in [1.54, 1.807) is 0 Å². The van der Waals surface area contributed by atoms with Gasteiger partial charge in [-0.15, -0.1) is 0 Å². The third kappa shape index (κ3) is 4.81. The van der Waals surface area contributed by atoms with Crippen LogP contribution >= 0.6 is 11.6 Å². The van der Waals surface area contributed by atoms with E-state index in [1.165, 1.54) is 6.42 Å². The Labute approximate surface area is 205 Å². The number of likely N-dealkylation sites (N-methyl/N-ethyl adjacent to an activating group) is 1. The van der Waals surface area contributed by atoms with Crippen molar-refractivity contribution in [3.63, 3.8) is 0 Å². The highest BCUT2D eigenvalue weighted by Crippen LogP contribution is 2.27.